The van der Waals surface area contributed by atoms with Crippen LogP contribution in [-0.4, -0.2) is 16.5 Å². The van der Waals surface area contributed by atoms with Gasteiger partial charge < -0.3 is 14.7 Å². The number of H-pyrrole nitrogens is 1. The molecule has 2 N–H and O–H groups in total. The standard InChI is InChI=1S/C16H19N3O/c1-11-14-5-3-4-6-15(14)20-16(11)12(2)18-8-7-13-9-17-10-19-13/h3-6,9-10,12,18H,7-8H2,1-2H3,(H,17,19). The van der Waals surface area contributed by atoms with Crippen molar-refractivity contribution in [3.8, 4) is 0 Å². The Morgan fingerprint density at radius 3 is 2.95 bits per heavy atom. The molecule has 4 heteroatoms. The van der Waals surface area contributed by atoms with E-state index in [2.05, 4.69) is 35.2 Å². The topological polar surface area (TPSA) is 53.9 Å². The number of rotatable bonds is 5. The van der Waals surface area contributed by atoms with Crippen molar-refractivity contribution in [1.82, 2.24) is 15.3 Å². The number of imidazole rings is 1. The first-order valence-electron chi connectivity index (χ1n) is 6.94. The second-order valence-corrected chi connectivity index (χ2v) is 5.09. The summed E-state index contributed by atoms with van der Waals surface area (Å²) in [4.78, 5) is 7.13. The van der Waals surface area contributed by atoms with Crippen LogP contribution in [0.15, 0.2) is 41.2 Å². The van der Waals surface area contributed by atoms with Crippen molar-refractivity contribution in [3.05, 3.63) is 53.8 Å². The van der Waals surface area contributed by atoms with Crippen LogP contribution in [0.1, 0.15) is 30.0 Å². The third kappa shape index (κ3) is 2.47. The summed E-state index contributed by atoms with van der Waals surface area (Å²) in [5.41, 5.74) is 3.33. The van der Waals surface area contributed by atoms with Gasteiger partial charge in [0, 0.05) is 30.2 Å². The Bertz CT molecular complexity index is 685. The van der Waals surface area contributed by atoms with Gasteiger partial charge in [-0.25, -0.2) is 4.98 Å². The molecule has 0 saturated heterocycles. The zero-order chi connectivity index (χ0) is 13.9. The van der Waals surface area contributed by atoms with Crippen molar-refractivity contribution in [2.75, 3.05) is 6.54 Å². The number of aryl methyl sites for hydroxylation is 1. The molecule has 0 aliphatic rings. The van der Waals surface area contributed by atoms with Crippen molar-refractivity contribution in [1.29, 1.82) is 0 Å². The number of aromatic nitrogens is 2. The fraction of sp³-hybridized carbons (Fsp3) is 0.312. The van der Waals surface area contributed by atoms with E-state index in [1.807, 2.05) is 24.4 Å². The number of hydrogen-bond donors (Lipinski definition) is 2. The van der Waals surface area contributed by atoms with Crippen LogP contribution < -0.4 is 5.32 Å². The van der Waals surface area contributed by atoms with Crippen LogP contribution in [0.25, 0.3) is 11.0 Å². The van der Waals surface area contributed by atoms with Crippen LogP contribution in [-0.2, 0) is 6.42 Å². The van der Waals surface area contributed by atoms with Gasteiger partial charge in [-0.05, 0) is 25.5 Å². The molecule has 0 saturated carbocycles. The van der Waals surface area contributed by atoms with Crippen molar-refractivity contribution >= 4 is 11.0 Å². The fourth-order valence-electron chi connectivity index (χ4n) is 2.54. The molecule has 1 aromatic carbocycles. The maximum absolute atomic E-state index is 5.97. The molecule has 104 valence electrons. The highest BCUT2D eigenvalue weighted by atomic mass is 16.3. The molecule has 1 atom stereocenters. The van der Waals surface area contributed by atoms with E-state index in [9.17, 15) is 0 Å². The molecule has 0 radical (unpaired) electrons. The first kappa shape index (κ1) is 12.9. The molecule has 0 amide bonds. The van der Waals surface area contributed by atoms with Crippen LogP contribution in [0, 0.1) is 6.92 Å². The smallest absolute Gasteiger partial charge is 0.134 e. The molecule has 0 aliphatic carbocycles. The highest BCUT2D eigenvalue weighted by molar-refractivity contribution is 5.82. The quantitative estimate of drug-likeness (QED) is 0.746. The summed E-state index contributed by atoms with van der Waals surface area (Å²) in [6.07, 6.45) is 4.50. The van der Waals surface area contributed by atoms with Gasteiger partial charge in [-0.2, -0.15) is 0 Å². The van der Waals surface area contributed by atoms with Gasteiger partial charge in [0.15, 0.2) is 0 Å². The van der Waals surface area contributed by atoms with Gasteiger partial charge >= 0.3 is 0 Å². The molecule has 2 aromatic heterocycles. The van der Waals surface area contributed by atoms with Crippen LogP contribution in [0.5, 0.6) is 0 Å². The van der Waals surface area contributed by atoms with E-state index in [1.165, 1.54) is 10.9 Å². The molecule has 0 aliphatic heterocycles. The van der Waals surface area contributed by atoms with Gasteiger partial charge in [-0.1, -0.05) is 18.2 Å². The van der Waals surface area contributed by atoms with E-state index in [0.29, 0.717) is 0 Å². The highest BCUT2D eigenvalue weighted by Crippen LogP contribution is 2.28. The summed E-state index contributed by atoms with van der Waals surface area (Å²) < 4.78 is 5.97. The summed E-state index contributed by atoms with van der Waals surface area (Å²) in [6, 6.07) is 8.37. The normalized spacial score (nSPS) is 12.9. The largest absolute Gasteiger partial charge is 0.459 e. The lowest BCUT2D eigenvalue weighted by Gasteiger charge is -2.11. The molecule has 0 spiro atoms. The highest BCUT2D eigenvalue weighted by Gasteiger charge is 2.15. The molecule has 4 nitrogen and oxygen atoms in total. The number of furan rings is 1. The lowest BCUT2D eigenvalue weighted by molar-refractivity contribution is 0.450. The van der Waals surface area contributed by atoms with Crippen molar-refractivity contribution in [3.63, 3.8) is 0 Å². The lowest BCUT2D eigenvalue weighted by Crippen LogP contribution is -2.21. The maximum atomic E-state index is 5.97. The Hall–Kier alpha value is -2.07. The Labute approximate surface area is 118 Å². The van der Waals surface area contributed by atoms with Gasteiger partial charge in [0.25, 0.3) is 0 Å². The van der Waals surface area contributed by atoms with Crippen LogP contribution in [0.2, 0.25) is 0 Å². The minimum absolute atomic E-state index is 0.199. The van der Waals surface area contributed by atoms with Gasteiger partial charge in [0.2, 0.25) is 0 Å². The van der Waals surface area contributed by atoms with E-state index in [0.717, 1.165) is 30.0 Å². The molecule has 1 unspecified atom stereocenters. The zero-order valence-electron chi connectivity index (χ0n) is 11.8. The molecule has 3 aromatic rings. The van der Waals surface area contributed by atoms with Crippen molar-refractivity contribution in [2.45, 2.75) is 26.3 Å². The lowest BCUT2D eigenvalue weighted by atomic mass is 10.1. The first-order chi connectivity index (χ1) is 9.75. The van der Waals surface area contributed by atoms with E-state index >= 15 is 0 Å². The maximum Gasteiger partial charge on any atom is 0.134 e. The third-order valence-corrected chi connectivity index (χ3v) is 3.67. The van der Waals surface area contributed by atoms with Crippen LogP contribution in [0.3, 0.4) is 0 Å². The fourth-order valence-corrected chi connectivity index (χ4v) is 2.54. The molecule has 20 heavy (non-hydrogen) atoms. The molecule has 0 bridgehead atoms. The summed E-state index contributed by atoms with van der Waals surface area (Å²) in [7, 11) is 0. The average Bonchev–Trinajstić information content (AvgIpc) is 3.08. The Morgan fingerprint density at radius 2 is 2.20 bits per heavy atom. The number of aromatic amines is 1. The Morgan fingerprint density at radius 1 is 1.35 bits per heavy atom. The second-order valence-electron chi connectivity index (χ2n) is 5.09. The molecule has 0 fully saturated rings. The second kappa shape index (κ2) is 5.51. The van der Waals surface area contributed by atoms with Crippen molar-refractivity contribution in [2.24, 2.45) is 0 Å². The van der Waals surface area contributed by atoms with Gasteiger partial charge in [-0.15, -0.1) is 0 Å². The number of para-hydroxylation sites is 1. The predicted octanol–water partition coefficient (Wildman–Crippen LogP) is 3.36. The molecular formula is C16H19N3O. The van der Waals surface area contributed by atoms with Crippen LogP contribution >= 0.6 is 0 Å². The molecule has 3 rings (SSSR count). The minimum atomic E-state index is 0.199. The summed E-state index contributed by atoms with van der Waals surface area (Å²) in [5.74, 6) is 1.02. The zero-order valence-corrected chi connectivity index (χ0v) is 11.8. The van der Waals surface area contributed by atoms with Gasteiger partial charge in [0.05, 0.1) is 12.4 Å². The Kier molecular flexibility index (Phi) is 3.56. The SMILES string of the molecule is Cc1c(C(C)NCCc2cnc[nH]2)oc2ccccc12. The van der Waals surface area contributed by atoms with Gasteiger partial charge in [-0.3, -0.25) is 0 Å². The van der Waals surface area contributed by atoms with Gasteiger partial charge in [0.1, 0.15) is 11.3 Å². The monoisotopic (exact) mass is 269 g/mol. The molecule has 2 heterocycles. The minimum Gasteiger partial charge on any atom is -0.459 e. The molecular weight excluding hydrogens is 250 g/mol. The number of fused-ring (bicyclic) bond motifs is 1. The summed E-state index contributed by atoms with van der Waals surface area (Å²) in [6.45, 7) is 5.14. The predicted molar refractivity (Wildman–Crippen MR) is 79.7 cm³/mol. The average molecular weight is 269 g/mol. The first-order valence-corrected chi connectivity index (χ1v) is 6.94. The Balaban J connectivity index is 1.69. The van der Waals surface area contributed by atoms with E-state index in [1.54, 1.807) is 6.33 Å². The van der Waals surface area contributed by atoms with Crippen LogP contribution in [0.4, 0.5) is 0 Å². The summed E-state index contributed by atoms with van der Waals surface area (Å²) >= 11 is 0. The van der Waals surface area contributed by atoms with E-state index < -0.39 is 0 Å². The number of benzene rings is 1. The van der Waals surface area contributed by atoms with Crippen molar-refractivity contribution < 1.29 is 4.42 Å². The number of hydrogen-bond acceptors (Lipinski definition) is 3. The summed E-state index contributed by atoms with van der Waals surface area (Å²) in [5, 5.41) is 4.70. The van der Waals surface area contributed by atoms with E-state index in [4.69, 9.17) is 4.42 Å². The third-order valence-electron chi connectivity index (χ3n) is 3.67. The number of nitrogens with zero attached hydrogens (tertiary/aromatic N) is 1. The number of nitrogens with one attached hydrogen (secondary N) is 2. The van der Waals surface area contributed by atoms with E-state index in [-0.39, 0.29) is 6.04 Å².